The standard InChI is InChI=1S/C14H15FN2O2S/c15-9-1-2-13-8(3-9)4-11(20-13)7-17-14(19)12-5-10(18)6-16-12/h1-4,10,12,16,18H,5-7H2,(H,17,19)/t10-,12-/m1/s1. The lowest BCUT2D eigenvalue weighted by atomic mass is 10.2. The molecular weight excluding hydrogens is 279 g/mol. The molecule has 0 aliphatic carbocycles. The number of carbonyl (C=O) groups is 1. The second-order valence-corrected chi connectivity index (χ2v) is 6.13. The maximum Gasteiger partial charge on any atom is 0.237 e. The molecule has 1 fully saturated rings. The molecule has 0 spiro atoms. The van der Waals surface area contributed by atoms with Gasteiger partial charge in [-0.2, -0.15) is 0 Å². The van der Waals surface area contributed by atoms with Crippen LogP contribution in [0.5, 0.6) is 0 Å². The number of hydrogen-bond acceptors (Lipinski definition) is 4. The number of aliphatic hydroxyl groups is 1. The first-order valence-corrected chi connectivity index (χ1v) is 7.30. The molecule has 1 aromatic heterocycles. The highest BCUT2D eigenvalue weighted by atomic mass is 32.1. The Hall–Kier alpha value is -1.50. The number of hydrogen-bond donors (Lipinski definition) is 3. The minimum Gasteiger partial charge on any atom is -0.392 e. The van der Waals surface area contributed by atoms with Crippen molar-refractivity contribution in [2.45, 2.75) is 25.1 Å². The Morgan fingerprint density at radius 3 is 3.10 bits per heavy atom. The number of rotatable bonds is 3. The quantitative estimate of drug-likeness (QED) is 0.801. The Labute approximate surface area is 119 Å². The van der Waals surface area contributed by atoms with Crippen LogP contribution >= 0.6 is 11.3 Å². The molecule has 2 atom stereocenters. The zero-order chi connectivity index (χ0) is 14.1. The van der Waals surface area contributed by atoms with Gasteiger partial charge in [-0.15, -0.1) is 11.3 Å². The molecule has 1 aliphatic rings. The molecule has 4 nitrogen and oxygen atoms in total. The van der Waals surface area contributed by atoms with Crippen LogP contribution in [0.3, 0.4) is 0 Å². The second kappa shape index (κ2) is 5.47. The van der Waals surface area contributed by atoms with E-state index in [0.29, 0.717) is 19.5 Å². The lowest BCUT2D eigenvalue weighted by Gasteiger charge is -2.09. The summed E-state index contributed by atoms with van der Waals surface area (Å²) in [6.45, 7) is 0.883. The fraction of sp³-hybridized carbons (Fsp3) is 0.357. The van der Waals surface area contributed by atoms with Gasteiger partial charge < -0.3 is 15.7 Å². The van der Waals surface area contributed by atoms with Gasteiger partial charge in [0.2, 0.25) is 5.91 Å². The lowest BCUT2D eigenvalue weighted by molar-refractivity contribution is -0.123. The molecule has 1 aromatic carbocycles. The molecule has 0 bridgehead atoms. The topological polar surface area (TPSA) is 61.4 Å². The predicted molar refractivity (Wildman–Crippen MR) is 76.0 cm³/mol. The Morgan fingerprint density at radius 1 is 1.50 bits per heavy atom. The van der Waals surface area contributed by atoms with Crippen LogP contribution in [-0.2, 0) is 11.3 Å². The highest BCUT2D eigenvalue weighted by Crippen LogP contribution is 2.26. The Bertz CT molecular complexity index is 643. The molecular formula is C14H15FN2O2S. The first-order chi connectivity index (χ1) is 9.61. The Balaban J connectivity index is 1.63. The second-order valence-electron chi connectivity index (χ2n) is 4.96. The van der Waals surface area contributed by atoms with Crippen LogP contribution < -0.4 is 10.6 Å². The molecule has 3 N–H and O–H groups in total. The molecule has 2 heterocycles. The molecule has 0 unspecified atom stereocenters. The fourth-order valence-electron chi connectivity index (χ4n) is 2.37. The van der Waals surface area contributed by atoms with Crippen LogP contribution in [0, 0.1) is 5.82 Å². The van der Waals surface area contributed by atoms with Gasteiger partial charge >= 0.3 is 0 Å². The molecule has 20 heavy (non-hydrogen) atoms. The van der Waals surface area contributed by atoms with E-state index in [4.69, 9.17) is 0 Å². The van der Waals surface area contributed by atoms with Crippen LogP contribution in [0.2, 0.25) is 0 Å². The number of amides is 1. The van der Waals surface area contributed by atoms with Gasteiger partial charge in [0.25, 0.3) is 0 Å². The van der Waals surface area contributed by atoms with Crippen molar-refractivity contribution < 1.29 is 14.3 Å². The van der Waals surface area contributed by atoms with Gasteiger partial charge in [-0.3, -0.25) is 4.79 Å². The van der Waals surface area contributed by atoms with Crippen molar-refractivity contribution in [3.8, 4) is 0 Å². The third-order valence-electron chi connectivity index (χ3n) is 3.39. The van der Waals surface area contributed by atoms with Gasteiger partial charge in [0.05, 0.1) is 18.7 Å². The van der Waals surface area contributed by atoms with Crippen LogP contribution in [-0.4, -0.2) is 29.7 Å². The summed E-state index contributed by atoms with van der Waals surface area (Å²) in [6, 6.07) is 6.24. The van der Waals surface area contributed by atoms with Crippen molar-refractivity contribution in [3.05, 3.63) is 35.0 Å². The number of β-amino-alcohol motifs (C(OH)–C–C–N with tert-alkyl or cyclic N) is 1. The number of halogens is 1. The monoisotopic (exact) mass is 294 g/mol. The summed E-state index contributed by atoms with van der Waals surface area (Å²) in [5.41, 5.74) is 0. The largest absolute Gasteiger partial charge is 0.392 e. The Morgan fingerprint density at radius 2 is 2.35 bits per heavy atom. The van der Waals surface area contributed by atoms with E-state index in [1.54, 1.807) is 6.07 Å². The number of nitrogens with one attached hydrogen (secondary N) is 2. The van der Waals surface area contributed by atoms with E-state index in [9.17, 15) is 14.3 Å². The van der Waals surface area contributed by atoms with Crippen molar-refractivity contribution >= 4 is 27.3 Å². The molecule has 0 radical (unpaired) electrons. The van der Waals surface area contributed by atoms with Crippen molar-refractivity contribution in [3.63, 3.8) is 0 Å². The molecule has 0 saturated carbocycles. The molecule has 6 heteroatoms. The molecule has 1 aliphatic heterocycles. The summed E-state index contributed by atoms with van der Waals surface area (Å²) in [5.74, 6) is -0.361. The average Bonchev–Trinajstić information content (AvgIpc) is 3.01. The number of benzene rings is 1. The summed E-state index contributed by atoms with van der Waals surface area (Å²) in [6.07, 6.45) is 0.00163. The summed E-state index contributed by atoms with van der Waals surface area (Å²) < 4.78 is 14.1. The van der Waals surface area contributed by atoms with Crippen molar-refractivity contribution in [2.75, 3.05) is 6.54 Å². The molecule has 2 aromatic rings. The molecule has 1 saturated heterocycles. The van der Waals surface area contributed by atoms with Crippen molar-refractivity contribution in [2.24, 2.45) is 0 Å². The van der Waals surface area contributed by atoms with Crippen molar-refractivity contribution in [1.82, 2.24) is 10.6 Å². The summed E-state index contributed by atoms with van der Waals surface area (Å²) >= 11 is 1.54. The van der Waals surface area contributed by atoms with Crippen LogP contribution in [0.1, 0.15) is 11.3 Å². The normalized spacial score (nSPS) is 22.3. The van der Waals surface area contributed by atoms with E-state index in [-0.39, 0.29) is 17.8 Å². The van der Waals surface area contributed by atoms with E-state index in [1.165, 1.54) is 23.5 Å². The highest BCUT2D eigenvalue weighted by Gasteiger charge is 2.27. The van der Waals surface area contributed by atoms with Gasteiger partial charge in [-0.25, -0.2) is 4.39 Å². The van der Waals surface area contributed by atoms with Gasteiger partial charge in [0.15, 0.2) is 0 Å². The third kappa shape index (κ3) is 2.82. The first kappa shape index (κ1) is 13.5. The third-order valence-corrected chi connectivity index (χ3v) is 4.51. The molecule has 1 amide bonds. The predicted octanol–water partition coefficient (Wildman–Crippen LogP) is 1.38. The molecule has 3 rings (SSSR count). The van der Waals surface area contributed by atoms with E-state index < -0.39 is 6.10 Å². The summed E-state index contributed by atoms with van der Waals surface area (Å²) in [7, 11) is 0. The Kier molecular flexibility index (Phi) is 3.69. The minimum atomic E-state index is -0.446. The summed E-state index contributed by atoms with van der Waals surface area (Å²) in [5, 5.41) is 16.0. The first-order valence-electron chi connectivity index (χ1n) is 6.49. The van der Waals surface area contributed by atoms with Gasteiger partial charge in [0.1, 0.15) is 5.82 Å². The van der Waals surface area contributed by atoms with Gasteiger partial charge in [-0.1, -0.05) is 0 Å². The number of fused-ring (bicyclic) bond motifs is 1. The summed E-state index contributed by atoms with van der Waals surface area (Å²) in [4.78, 5) is 12.9. The van der Waals surface area contributed by atoms with Crippen LogP contribution in [0.4, 0.5) is 4.39 Å². The van der Waals surface area contributed by atoms with E-state index >= 15 is 0 Å². The maximum absolute atomic E-state index is 13.1. The molecule has 106 valence electrons. The maximum atomic E-state index is 13.1. The van der Waals surface area contributed by atoms with Crippen LogP contribution in [0.25, 0.3) is 10.1 Å². The smallest absolute Gasteiger partial charge is 0.237 e. The number of thiophene rings is 1. The number of aliphatic hydroxyl groups excluding tert-OH is 1. The minimum absolute atomic E-state index is 0.106. The fourth-order valence-corrected chi connectivity index (χ4v) is 3.36. The number of carbonyl (C=O) groups excluding carboxylic acids is 1. The van der Waals surface area contributed by atoms with E-state index in [0.717, 1.165) is 15.0 Å². The average molecular weight is 294 g/mol. The van der Waals surface area contributed by atoms with Gasteiger partial charge in [0, 0.05) is 16.1 Å². The lowest BCUT2D eigenvalue weighted by Crippen LogP contribution is -2.39. The zero-order valence-electron chi connectivity index (χ0n) is 10.7. The highest BCUT2D eigenvalue weighted by molar-refractivity contribution is 7.19. The zero-order valence-corrected chi connectivity index (χ0v) is 11.5. The van der Waals surface area contributed by atoms with E-state index in [2.05, 4.69) is 10.6 Å². The van der Waals surface area contributed by atoms with Crippen LogP contribution in [0.15, 0.2) is 24.3 Å². The van der Waals surface area contributed by atoms with Crippen molar-refractivity contribution in [1.29, 1.82) is 0 Å². The SMILES string of the molecule is O=C(NCc1cc2cc(F)ccc2s1)[C@H]1C[C@@H](O)CN1. The van der Waals surface area contributed by atoms with E-state index in [1.807, 2.05) is 6.07 Å². The van der Waals surface area contributed by atoms with Gasteiger partial charge in [-0.05, 0) is 36.1 Å².